The van der Waals surface area contributed by atoms with Crippen molar-refractivity contribution >= 4 is 23.2 Å². The lowest BCUT2D eigenvalue weighted by Gasteiger charge is -2.22. The molecule has 0 radical (unpaired) electrons. The molecule has 6 rings (SSSR count). The number of alkyl halides is 5. The minimum atomic E-state index is -4.72. The third kappa shape index (κ3) is 5.99. The number of amides is 1. The number of carbonyl (C=O) groups excluding carboxylic acids is 1. The van der Waals surface area contributed by atoms with E-state index in [9.17, 15) is 31.5 Å². The van der Waals surface area contributed by atoms with Crippen molar-refractivity contribution in [3.8, 4) is 28.2 Å². The molecule has 2 bridgehead atoms. The molecule has 1 aliphatic rings. The molecule has 2 unspecified atom stereocenters. The van der Waals surface area contributed by atoms with Gasteiger partial charge in [0.2, 0.25) is 5.91 Å². The fourth-order valence-electron chi connectivity index (χ4n) is 5.32. The van der Waals surface area contributed by atoms with Crippen LogP contribution in [-0.4, -0.2) is 45.2 Å². The Morgan fingerprint density at radius 2 is 1.87 bits per heavy atom. The lowest BCUT2D eigenvalue weighted by atomic mass is 9.97. The molecule has 17 heteroatoms. The van der Waals surface area contributed by atoms with Crippen LogP contribution in [0.4, 0.5) is 27.6 Å². The number of hydrogen-bond donors (Lipinski definition) is 1. The standard InChI is InChI=1S/C29H23ClF5N9O2/c1-15-3-2-4-23(20-9-16(7-8-36-20)26-21(39-27(15)46)12-38-44(26)28(31)32)42-14-37-19(11-25(42)45)18-10-17(30)5-6-22(18)43-13-24(40-41-43)29(33,34)35/h5-15,23,28H,2-4H2,1H3,(H,39,46). The maximum absolute atomic E-state index is 13.9. The Morgan fingerprint density at radius 3 is 2.59 bits per heavy atom. The van der Waals surface area contributed by atoms with Crippen molar-refractivity contribution < 1.29 is 26.7 Å². The van der Waals surface area contributed by atoms with Gasteiger partial charge >= 0.3 is 12.7 Å². The Bertz CT molecular complexity index is 1990. The molecule has 238 valence electrons. The van der Waals surface area contributed by atoms with E-state index in [0.29, 0.717) is 41.4 Å². The van der Waals surface area contributed by atoms with E-state index < -0.39 is 35.9 Å². The number of halogens is 6. The molecule has 4 aromatic heterocycles. The van der Waals surface area contributed by atoms with E-state index in [1.165, 1.54) is 47.4 Å². The number of hydrogen-bond acceptors (Lipinski definition) is 7. The minimum absolute atomic E-state index is 0.0189. The van der Waals surface area contributed by atoms with Crippen LogP contribution >= 0.6 is 11.6 Å². The molecule has 5 aromatic rings. The molecule has 1 aliphatic heterocycles. The first-order valence-corrected chi connectivity index (χ1v) is 14.3. The molecule has 1 amide bonds. The topological polar surface area (TPSA) is 125 Å². The molecule has 11 nitrogen and oxygen atoms in total. The zero-order valence-corrected chi connectivity index (χ0v) is 24.5. The fourth-order valence-corrected chi connectivity index (χ4v) is 5.49. The number of fused-ring (bicyclic) bond motifs is 4. The van der Waals surface area contributed by atoms with Crippen molar-refractivity contribution in [1.82, 2.24) is 39.3 Å². The lowest BCUT2D eigenvalue weighted by Crippen LogP contribution is -2.27. The number of aromatic nitrogens is 8. The maximum Gasteiger partial charge on any atom is 0.436 e. The second-order valence-corrected chi connectivity index (χ2v) is 11.1. The molecule has 5 heterocycles. The normalized spacial score (nSPS) is 17.3. The second kappa shape index (κ2) is 12.1. The second-order valence-electron chi connectivity index (χ2n) is 10.7. The Hall–Kier alpha value is -4.99. The van der Waals surface area contributed by atoms with Crippen LogP contribution in [0.3, 0.4) is 0 Å². The third-order valence-electron chi connectivity index (χ3n) is 7.63. The number of anilines is 1. The summed E-state index contributed by atoms with van der Waals surface area (Å²) >= 11 is 6.20. The molecular weight excluding hydrogens is 637 g/mol. The lowest BCUT2D eigenvalue weighted by molar-refractivity contribution is -0.141. The van der Waals surface area contributed by atoms with Crippen molar-refractivity contribution in [3.63, 3.8) is 0 Å². The summed E-state index contributed by atoms with van der Waals surface area (Å²) in [6, 6.07) is 7.87. The number of benzene rings is 1. The highest BCUT2D eigenvalue weighted by Crippen LogP contribution is 2.35. The fraction of sp³-hybridized carbons (Fsp3) is 0.276. The summed E-state index contributed by atoms with van der Waals surface area (Å²) < 4.78 is 70.2. The largest absolute Gasteiger partial charge is 0.436 e. The van der Waals surface area contributed by atoms with E-state index in [-0.39, 0.29) is 39.3 Å². The number of nitrogens with zero attached hydrogens (tertiary/aromatic N) is 8. The van der Waals surface area contributed by atoms with Gasteiger partial charge in [-0.1, -0.05) is 30.2 Å². The summed E-state index contributed by atoms with van der Waals surface area (Å²) in [6.45, 7) is -1.28. The van der Waals surface area contributed by atoms with Crippen LogP contribution in [0, 0.1) is 5.92 Å². The number of carbonyl (C=O) groups is 1. The summed E-state index contributed by atoms with van der Waals surface area (Å²) in [5, 5.41) is 13.5. The van der Waals surface area contributed by atoms with Gasteiger partial charge in [0.25, 0.3) is 5.56 Å². The van der Waals surface area contributed by atoms with E-state index in [0.717, 1.165) is 10.9 Å². The molecule has 1 aromatic carbocycles. The Kier molecular flexibility index (Phi) is 8.14. The minimum Gasteiger partial charge on any atom is -0.323 e. The number of rotatable bonds is 4. The SMILES string of the molecule is CC1CCCC(n2cnc(-c3cc(Cl)ccc3-n3cc(C(F)(F)F)nn3)cc2=O)c2cc(ccn2)-c2c(cnn2C(F)F)NC1=O. The number of nitrogens with one attached hydrogen (secondary N) is 1. The highest BCUT2D eigenvalue weighted by atomic mass is 35.5. The predicted octanol–water partition coefficient (Wildman–Crippen LogP) is 6.16. The highest BCUT2D eigenvalue weighted by Gasteiger charge is 2.35. The monoisotopic (exact) mass is 659 g/mol. The van der Waals surface area contributed by atoms with Gasteiger partial charge < -0.3 is 5.32 Å². The molecule has 0 fully saturated rings. The van der Waals surface area contributed by atoms with Gasteiger partial charge in [0.15, 0.2) is 5.69 Å². The summed E-state index contributed by atoms with van der Waals surface area (Å²) in [5.41, 5.74) is -0.484. The molecule has 0 spiro atoms. The molecule has 0 aliphatic carbocycles. The van der Waals surface area contributed by atoms with Crippen molar-refractivity contribution in [1.29, 1.82) is 0 Å². The van der Waals surface area contributed by atoms with E-state index in [4.69, 9.17) is 11.6 Å². The van der Waals surface area contributed by atoms with E-state index >= 15 is 0 Å². The first-order chi connectivity index (χ1) is 21.9. The summed E-state index contributed by atoms with van der Waals surface area (Å²) in [4.78, 5) is 35.5. The molecule has 0 saturated carbocycles. The maximum atomic E-state index is 13.9. The summed E-state index contributed by atoms with van der Waals surface area (Å²) in [7, 11) is 0. The van der Waals surface area contributed by atoms with Crippen LogP contribution in [0.2, 0.25) is 5.02 Å². The first-order valence-electron chi connectivity index (χ1n) is 13.9. The van der Waals surface area contributed by atoms with Crippen LogP contribution in [0.1, 0.15) is 50.2 Å². The Morgan fingerprint density at radius 1 is 1.07 bits per heavy atom. The Balaban J connectivity index is 1.43. The summed E-state index contributed by atoms with van der Waals surface area (Å²) in [6.07, 6.45) is 1.11. The van der Waals surface area contributed by atoms with Gasteiger partial charge in [-0.2, -0.15) is 27.1 Å². The molecule has 0 saturated heterocycles. The van der Waals surface area contributed by atoms with Crippen molar-refractivity contribution in [2.45, 2.75) is 45.0 Å². The third-order valence-corrected chi connectivity index (χ3v) is 7.87. The summed E-state index contributed by atoms with van der Waals surface area (Å²) in [5.74, 6) is -0.848. The van der Waals surface area contributed by atoms with E-state index in [1.807, 2.05) is 0 Å². The van der Waals surface area contributed by atoms with E-state index in [1.54, 1.807) is 13.0 Å². The van der Waals surface area contributed by atoms with Gasteiger partial charge in [-0.05, 0) is 43.2 Å². The van der Waals surface area contributed by atoms with Crippen LogP contribution in [-0.2, 0) is 11.0 Å². The van der Waals surface area contributed by atoms with Gasteiger partial charge in [0, 0.05) is 34.3 Å². The zero-order valence-electron chi connectivity index (χ0n) is 23.8. The van der Waals surface area contributed by atoms with Crippen molar-refractivity contribution in [2.75, 3.05) is 5.32 Å². The van der Waals surface area contributed by atoms with Crippen LogP contribution in [0.25, 0.3) is 28.2 Å². The molecule has 46 heavy (non-hydrogen) atoms. The molecule has 1 N–H and O–H groups in total. The number of pyridine rings is 1. The van der Waals surface area contributed by atoms with Crippen LogP contribution < -0.4 is 10.9 Å². The van der Waals surface area contributed by atoms with Crippen molar-refractivity contribution in [2.24, 2.45) is 5.92 Å². The zero-order chi connectivity index (χ0) is 32.7. The van der Waals surface area contributed by atoms with Crippen LogP contribution in [0.15, 0.2) is 66.1 Å². The van der Waals surface area contributed by atoms with Crippen molar-refractivity contribution in [3.05, 3.63) is 88.1 Å². The average Bonchev–Trinajstić information content (AvgIpc) is 3.67. The first kappa shape index (κ1) is 31.0. The van der Waals surface area contributed by atoms with Crippen LogP contribution in [0.5, 0.6) is 0 Å². The Labute approximate surface area is 261 Å². The van der Waals surface area contributed by atoms with Gasteiger partial charge in [0.1, 0.15) is 0 Å². The smallest absolute Gasteiger partial charge is 0.323 e. The quantitative estimate of drug-likeness (QED) is 0.229. The predicted molar refractivity (Wildman–Crippen MR) is 155 cm³/mol. The highest BCUT2D eigenvalue weighted by molar-refractivity contribution is 6.31. The average molecular weight is 660 g/mol. The van der Waals surface area contributed by atoms with Gasteiger partial charge in [-0.3, -0.25) is 19.1 Å². The molecule has 2 atom stereocenters. The van der Waals surface area contributed by atoms with Gasteiger partial charge in [-0.25, -0.2) is 14.3 Å². The van der Waals surface area contributed by atoms with E-state index in [2.05, 4.69) is 30.7 Å². The molecular formula is C29H23ClF5N9O2. The van der Waals surface area contributed by atoms with Gasteiger partial charge in [-0.15, -0.1) is 5.10 Å². The van der Waals surface area contributed by atoms with Gasteiger partial charge in [0.05, 0.1) is 53.2 Å².